The number of aryl methyl sites for hydroxylation is 2. The number of nitrogens with two attached hydrogens (primary N) is 1. The molecule has 2 rings (SSSR count). The predicted molar refractivity (Wildman–Crippen MR) is 79.1 cm³/mol. The van der Waals surface area contributed by atoms with Gasteiger partial charge in [-0.1, -0.05) is 6.07 Å². The van der Waals surface area contributed by atoms with E-state index in [0.717, 1.165) is 16.8 Å². The van der Waals surface area contributed by atoms with Crippen LogP contribution in [0.3, 0.4) is 0 Å². The molecule has 0 amide bonds. The summed E-state index contributed by atoms with van der Waals surface area (Å²) in [4.78, 5) is 8.01. The third kappa shape index (κ3) is 3.78. The maximum Gasteiger partial charge on any atom is 0.193 e. The van der Waals surface area contributed by atoms with Crippen molar-refractivity contribution in [1.29, 1.82) is 0 Å². The summed E-state index contributed by atoms with van der Waals surface area (Å²) in [6.07, 6.45) is 1.53. The summed E-state index contributed by atoms with van der Waals surface area (Å²) in [7, 11) is 0. The van der Waals surface area contributed by atoms with Gasteiger partial charge >= 0.3 is 0 Å². The zero-order valence-electron chi connectivity index (χ0n) is 11.5. The van der Waals surface area contributed by atoms with Crippen molar-refractivity contribution in [2.45, 2.75) is 20.4 Å². The van der Waals surface area contributed by atoms with Crippen LogP contribution in [0.4, 0.5) is 10.1 Å². The fourth-order valence-corrected chi connectivity index (χ4v) is 1.93. The molecule has 0 aliphatic rings. The van der Waals surface area contributed by atoms with Crippen LogP contribution < -0.4 is 11.1 Å². The minimum absolute atomic E-state index is 0.107. The summed E-state index contributed by atoms with van der Waals surface area (Å²) in [6, 6.07) is 8.90. The van der Waals surface area contributed by atoms with Gasteiger partial charge in [-0.25, -0.2) is 9.38 Å². The molecule has 3 N–H and O–H groups in total. The highest BCUT2D eigenvalue weighted by atomic mass is 19.1. The molecule has 0 aliphatic carbocycles. The van der Waals surface area contributed by atoms with Crippen molar-refractivity contribution in [3.05, 3.63) is 59.2 Å². The molecule has 0 unspecified atom stereocenters. The molecule has 5 heteroatoms. The number of anilines is 1. The molecular formula is C15H17FN4. The lowest BCUT2D eigenvalue weighted by Gasteiger charge is -2.08. The van der Waals surface area contributed by atoms with E-state index in [1.165, 1.54) is 12.3 Å². The van der Waals surface area contributed by atoms with E-state index >= 15 is 0 Å². The van der Waals surface area contributed by atoms with Crippen molar-refractivity contribution < 1.29 is 4.39 Å². The minimum atomic E-state index is -0.379. The van der Waals surface area contributed by atoms with Crippen molar-refractivity contribution >= 4 is 11.6 Å². The summed E-state index contributed by atoms with van der Waals surface area (Å²) in [5.41, 5.74) is 9.20. The fraction of sp³-hybridized carbons (Fsp3) is 0.200. The maximum absolute atomic E-state index is 13.4. The van der Waals surface area contributed by atoms with E-state index in [4.69, 9.17) is 5.73 Å². The zero-order chi connectivity index (χ0) is 14.5. The van der Waals surface area contributed by atoms with E-state index in [0.29, 0.717) is 0 Å². The van der Waals surface area contributed by atoms with Crippen LogP contribution in [-0.4, -0.2) is 10.9 Å². The monoisotopic (exact) mass is 272 g/mol. The Labute approximate surface area is 117 Å². The Morgan fingerprint density at radius 1 is 1.30 bits per heavy atom. The van der Waals surface area contributed by atoms with E-state index < -0.39 is 0 Å². The van der Waals surface area contributed by atoms with Gasteiger partial charge in [-0.05, 0) is 49.2 Å². The molecule has 0 fully saturated rings. The van der Waals surface area contributed by atoms with Gasteiger partial charge in [0.15, 0.2) is 5.96 Å². The highest BCUT2D eigenvalue weighted by Gasteiger charge is 2.02. The Hall–Kier alpha value is -2.43. The average molecular weight is 272 g/mol. The number of hydrogen-bond acceptors (Lipinski definition) is 2. The number of guanidine groups is 1. The van der Waals surface area contributed by atoms with Crippen LogP contribution in [0.2, 0.25) is 0 Å². The normalized spacial score (nSPS) is 11.4. The first-order valence-corrected chi connectivity index (χ1v) is 6.29. The Kier molecular flexibility index (Phi) is 4.30. The molecule has 1 aromatic heterocycles. The van der Waals surface area contributed by atoms with Crippen molar-refractivity contribution in [1.82, 2.24) is 4.98 Å². The Morgan fingerprint density at radius 3 is 2.65 bits per heavy atom. The number of rotatable bonds is 3. The van der Waals surface area contributed by atoms with Crippen LogP contribution in [0.25, 0.3) is 0 Å². The van der Waals surface area contributed by atoms with Crippen molar-refractivity contribution in [2.75, 3.05) is 5.32 Å². The molecule has 20 heavy (non-hydrogen) atoms. The van der Waals surface area contributed by atoms with Gasteiger partial charge in [0.05, 0.1) is 12.2 Å². The van der Waals surface area contributed by atoms with Crippen LogP contribution in [0.5, 0.6) is 0 Å². The number of aromatic nitrogens is 1. The Balaban J connectivity index is 2.06. The molecule has 4 nitrogen and oxygen atoms in total. The molecule has 0 bridgehead atoms. The van der Waals surface area contributed by atoms with E-state index in [1.807, 2.05) is 26.0 Å². The number of hydrogen-bond donors (Lipinski definition) is 2. The van der Waals surface area contributed by atoms with Crippen molar-refractivity contribution in [3.63, 3.8) is 0 Å². The number of nitrogens with one attached hydrogen (secondary N) is 1. The highest BCUT2D eigenvalue weighted by molar-refractivity contribution is 5.92. The van der Waals surface area contributed by atoms with Crippen LogP contribution >= 0.6 is 0 Å². The largest absolute Gasteiger partial charge is 0.370 e. The first-order valence-electron chi connectivity index (χ1n) is 6.29. The first-order chi connectivity index (χ1) is 9.54. The van der Waals surface area contributed by atoms with Gasteiger partial charge in [0.25, 0.3) is 0 Å². The number of pyridine rings is 1. The molecule has 1 aromatic carbocycles. The lowest BCUT2D eigenvalue weighted by molar-refractivity contribution is 0.600. The fourth-order valence-electron chi connectivity index (χ4n) is 1.93. The quantitative estimate of drug-likeness (QED) is 0.667. The molecule has 0 atom stereocenters. The molecule has 0 spiro atoms. The van der Waals surface area contributed by atoms with E-state index in [-0.39, 0.29) is 24.0 Å². The number of aliphatic imine (C=N–C) groups is 1. The lowest BCUT2D eigenvalue weighted by atomic mass is 10.1. The molecular weight excluding hydrogens is 255 g/mol. The van der Waals surface area contributed by atoms with Crippen LogP contribution in [-0.2, 0) is 6.54 Å². The molecule has 104 valence electrons. The van der Waals surface area contributed by atoms with Crippen molar-refractivity contribution in [3.8, 4) is 0 Å². The van der Waals surface area contributed by atoms with Gasteiger partial charge < -0.3 is 11.1 Å². The third-order valence-corrected chi connectivity index (χ3v) is 2.73. The zero-order valence-corrected chi connectivity index (χ0v) is 11.5. The van der Waals surface area contributed by atoms with Gasteiger partial charge in [0, 0.05) is 11.9 Å². The summed E-state index contributed by atoms with van der Waals surface area (Å²) >= 11 is 0. The van der Waals surface area contributed by atoms with Crippen LogP contribution in [0.1, 0.15) is 16.8 Å². The molecule has 0 saturated carbocycles. The van der Waals surface area contributed by atoms with E-state index in [1.54, 1.807) is 6.07 Å². The average Bonchev–Trinajstić information content (AvgIpc) is 2.36. The second-order valence-electron chi connectivity index (χ2n) is 4.63. The first kappa shape index (κ1) is 14.0. The molecule has 1 heterocycles. The van der Waals surface area contributed by atoms with Gasteiger partial charge in [-0.2, -0.15) is 0 Å². The SMILES string of the molecule is Cc1cc(C)cc(NC(N)=NCc2ncccc2F)c1. The number of nitrogens with zero attached hydrogens (tertiary/aromatic N) is 2. The Bertz CT molecular complexity index is 617. The topological polar surface area (TPSA) is 63.3 Å². The number of benzene rings is 1. The third-order valence-electron chi connectivity index (χ3n) is 2.73. The number of halogens is 1. The maximum atomic E-state index is 13.4. The molecule has 0 saturated heterocycles. The van der Waals surface area contributed by atoms with Crippen molar-refractivity contribution in [2.24, 2.45) is 10.7 Å². The van der Waals surface area contributed by atoms with Gasteiger partial charge in [0.1, 0.15) is 5.82 Å². The standard InChI is InChI=1S/C15H17FN4/c1-10-6-11(2)8-12(7-10)20-15(17)19-9-14-13(16)4-3-5-18-14/h3-8H,9H2,1-2H3,(H3,17,19,20). The van der Waals surface area contributed by atoms with Crippen LogP contribution in [0, 0.1) is 19.7 Å². The summed E-state index contributed by atoms with van der Waals surface area (Å²) in [5.74, 6) is -0.143. The lowest BCUT2D eigenvalue weighted by Crippen LogP contribution is -2.22. The van der Waals surface area contributed by atoms with E-state index in [9.17, 15) is 4.39 Å². The summed E-state index contributed by atoms with van der Waals surface area (Å²) < 4.78 is 13.4. The second kappa shape index (κ2) is 6.14. The van der Waals surface area contributed by atoms with Crippen LogP contribution in [0.15, 0.2) is 41.5 Å². The van der Waals surface area contributed by atoms with Gasteiger partial charge in [0.2, 0.25) is 0 Å². The smallest absolute Gasteiger partial charge is 0.193 e. The predicted octanol–water partition coefficient (Wildman–Crippen LogP) is 2.76. The summed E-state index contributed by atoms with van der Waals surface area (Å²) in [6.45, 7) is 4.12. The minimum Gasteiger partial charge on any atom is -0.370 e. The van der Waals surface area contributed by atoms with Gasteiger partial charge in [-0.3, -0.25) is 4.98 Å². The Morgan fingerprint density at radius 2 is 2.00 bits per heavy atom. The summed E-state index contributed by atoms with van der Waals surface area (Å²) in [5, 5.41) is 2.99. The second-order valence-corrected chi connectivity index (χ2v) is 4.63. The van der Waals surface area contributed by atoms with E-state index in [2.05, 4.69) is 21.4 Å². The van der Waals surface area contributed by atoms with Gasteiger partial charge in [-0.15, -0.1) is 0 Å². The molecule has 0 radical (unpaired) electrons. The molecule has 2 aromatic rings. The highest BCUT2D eigenvalue weighted by Crippen LogP contribution is 2.13. The molecule has 0 aliphatic heterocycles.